The number of piperazine rings is 1. The summed E-state index contributed by atoms with van der Waals surface area (Å²) in [6, 6.07) is 8.51. The lowest BCUT2D eigenvalue weighted by atomic mass is 9.99. The summed E-state index contributed by atoms with van der Waals surface area (Å²) in [7, 11) is 0. The van der Waals surface area contributed by atoms with Crippen molar-refractivity contribution in [1.29, 1.82) is 0 Å². The molecule has 0 saturated carbocycles. The fourth-order valence-electron chi connectivity index (χ4n) is 2.05. The molecular formula is C14H20N2O. The number of nitrogens with zero attached hydrogens (tertiary/aromatic N) is 1. The average molecular weight is 232 g/mol. The highest BCUT2D eigenvalue weighted by Gasteiger charge is 2.32. The number of aryl methyl sites for hydroxylation is 1. The number of hydrogen-bond donors (Lipinski definition) is 1. The largest absolute Gasteiger partial charge is 0.353 e. The van der Waals surface area contributed by atoms with E-state index >= 15 is 0 Å². The quantitative estimate of drug-likeness (QED) is 0.842. The molecule has 0 radical (unpaired) electrons. The number of amides is 1. The first-order chi connectivity index (χ1) is 7.97. The van der Waals surface area contributed by atoms with Gasteiger partial charge in [-0.05, 0) is 26.3 Å². The Labute approximate surface area is 103 Å². The topological polar surface area (TPSA) is 32.3 Å². The molecule has 0 bridgehead atoms. The minimum absolute atomic E-state index is 0.0266. The fourth-order valence-corrected chi connectivity index (χ4v) is 2.05. The third-order valence-electron chi connectivity index (χ3n) is 3.40. The Morgan fingerprint density at radius 2 is 1.94 bits per heavy atom. The van der Waals surface area contributed by atoms with E-state index in [1.165, 1.54) is 11.1 Å². The standard InChI is InChI=1S/C14H20N2O/c1-11-4-6-12(7-5-11)8-16-9-13(17)15-10-14(16,2)3/h4-7H,8-10H2,1-3H3,(H,15,17). The predicted molar refractivity (Wildman–Crippen MR) is 68.7 cm³/mol. The number of nitrogens with one attached hydrogen (secondary N) is 1. The van der Waals surface area contributed by atoms with Crippen LogP contribution in [0.2, 0.25) is 0 Å². The first-order valence-electron chi connectivity index (χ1n) is 6.05. The molecule has 1 heterocycles. The molecule has 1 aromatic carbocycles. The zero-order valence-electron chi connectivity index (χ0n) is 10.8. The molecule has 2 rings (SSSR count). The van der Waals surface area contributed by atoms with Crippen LogP contribution in [0, 0.1) is 6.92 Å². The summed E-state index contributed by atoms with van der Waals surface area (Å²) < 4.78 is 0. The van der Waals surface area contributed by atoms with E-state index in [0.717, 1.165) is 13.1 Å². The van der Waals surface area contributed by atoms with Crippen LogP contribution in [0.3, 0.4) is 0 Å². The molecule has 0 atom stereocenters. The van der Waals surface area contributed by atoms with E-state index in [1.807, 2.05) is 0 Å². The van der Waals surface area contributed by atoms with Crippen LogP contribution in [0.1, 0.15) is 25.0 Å². The van der Waals surface area contributed by atoms with Gasteiger partial charge >= 0.3 is 0 Å². The van der Waals surface area contributed by atoms with Gasteiger partial charge in [0.25, 0.3) is 0 Å². The molecule has 1 aromatic rings. The Kier molecular flexibility index (Phi) is 3.20. The molecule has 0 aliphatic carbocycles. The molecule has 1 aliphatic heterocycles. The van der Waals surface area contributed by atoms with Crippen molar-refractivity contribution in [2.24, 2.45) is 0 Å². The van der Waals surface area contributed by atoms with Crippen LogP contribution in [-0.2, 0) is 11.3 Å². The van der Waals surface area contributed by atoms with Gasteiger partial charge in [0.15, 0.2) is 0 Å². The second-order valence-corrected chi connectivity index (χ2v) is 5.43. The van der Waals surface area contributed by atoms with E-state index in [0.29, 0.717) is 6.54 Å². The van der Waals surface area contributed by atoms with Crippen LogP contribution < -0.4 is 5.32 Å². The third-order valence-corrected chi connectivity index (χ3v) is 3.40. The van der Waals surface area contributed by atoms with E-state index in [1.54, 1.807) is 0 Å². The van der Waals surface area contributed by atoms with Crippen molar-refractivity contribution in [2.75, 3.05) is 13.1 Å². The zero-order valence-corrected chi connectivity index (χ0v) is 10.8. The fraction of sp³-hybridized carbons (Fsp3) is 0.500. The molecule has 3 heteroatoms. The summed E-state index contributed by atoms with van der Waals surface area (Å²) in [5, 5.41) is 2.92. The lowest BCUT2D eigenvalue weighted by molar-refractivity contribution is -0.128. The smallest absolute Gasteiger partial charge is 0.234 e. The molecule has 0 unspecified atom stereocenters. The summed E-state index contributed by atoms with van der Waals surface area (Å²) in [6.07, 6.45) is 0. The number of hydrogen-bond acceptors (Lipinski definition) is 2. The molecule has 3 nitrogen and oxygen atoms in total. The lowest BCUT2D eigenvalue weighted by Gasteiger charge is -2.42. The second-order valence-electron chi connectivity index (χ2n) is 5.43. The molecule has 1 fully saturated rings. The predicted octanol–water partition coefficient (Wildman–Crippen LogP) is 1.71. The van der Waals surface area contributed by atoms with Crippen molar-refractivity contribution < 1.29 is 4.79 Å². The van der Waals surface area contributed by atoms with Gasteiger partial charge in [0.1, 0.15) is 0 Å². The van der Waals surface area contributed by atoms with Gasteiger partial charge in [-0.2, -0.15) is 0 Å². The Bertz CT molecular complexity index is 409. The van der Waals surface area contributed by atoms with Gasteiger partial charge in [-0.1, -0.05) is 29.8 Å². The summed E-state index contributed by atoms with van der Waals surface area (Å²) in [4.78, 5) is 13.7. The van der Waals surface area contributed by atoms with Crippen molar-refractivity contribution in [3.63, 3.8) is 0 Å². The SMILES string of the molecule is Cc1ccc(CN2CC(=O)NCC2(C)C)cc1. The van der Waals surface area contributed by atoms with Crippen LogP contribution in [0.4, 0.5) is 0 Å². The van der Waals surface area contributed by atoms with E-state index in [9.17, 15) is 4.79 Å². The van der Waals surface area contributed by atoms with Gasteiger partial charge in [-0.25, -0.2) is 0 Å². The van der Waals surface area contributed by atoms with Gasteiger partial charge in [-0.15, -0.1) is 0 Å². The highest BCUT2D eigenvalue weighted by Crippen LogP contribution is 2.19. The van der Waals surface area contributed by atoms with Crippen LogP contribution in [0.25, 0.3) is 0 Å². The summed E-state index contributed by atoms with van der Waals surface area (Å²) in [5.74, 6) is 0.122. The van der Waals surface area contributed by atoms with Crippen molar-refractivity contribution in [2.45, 2.75) is 32.9 Å². The first-order valence-corrected chi connectivity index (χ1v) is 6.05. The minimum Gasteiger partial charge on any atom is -0.353 e. The third kappa shape index (κ3) is 2.86. The molecule has 1 aliphatic rings. The number of benzene rings is 1. The zero-order chi connectivity index (χ0) is 12.5. The van der Waals surface area contributed by atoms with Gasteiger partial charge in [0.2, 0.25) is 5.91 Å². The monoisotopic (exact) mass is 232 g/mol. The Morgan fingerprint density at radius 1 is 1.29 bits per heavy atom. The maximum absolute atomic E-state index is 11.5. The van der Waals surface area contributed by atoms with Crippen molar-refractivity contribution in [3.05, 3.63) is 35.4 Å². The lowest BCUT2D eigenvalue weighted by Crippen LogP contribution is -2.59. The molecule has 1 amide bonds. The molecule has 92 valence electrons. The van der Waals surface area contributed by atoms with Crippen LogP contribution in [-0.4, -0.2) is 29.4 Å². The molecular weight excluding hydrogens is 212 g/mol. The normalized spacial score (nSPS) is 20.1. The molecule has 0 aromatic heterocycles. The summed E-state index contributed by atoms with van der Waals surface area (Å²) >= 11 is 0. The van der Waals surface area contributed by atoms with E-state index in [-0.39, 0.29) is 11.4 Å². The molecule has 1 saturated heterocycles. The average Bonchev–Trinajstić information content (AvgIpc) is 2.27. The highest BCUT2D eigenvalue weighted by atomic mass is 16.2. The number of carbonyl (C=O) groups is 1. The van der Waals surface area contributed by atoms with E-state index < -0.39 is 0 Å². The highest BCUT2D eigenvalue weighted by molar-refractivity contribution is 5.79. The van der Waals surface area contributed by atoms with Gasteiger partial charge in [0.05, 0.1) is 6.54 Å². The maximum atomic E-state index is 11.5. The Morgan fingerprint density at radius 3 is 2.59 bits per heavy atom. The van der Waals surface area contributed by atoms with E-state index in [4.69, 9.17) is 0 Å². The Balaban J connectivity index is 2.10. The van der Waals surface area contributed by atoms with Crippen molar-refractivity contribution in [3.8, 4) is 0 Å². The number of rotatable bonds is 2. The van der Waals surface area contributed by atoms with Gasteiger partial charge < -0.3 is 5.32 Å². The van der Waals surface area contributed by atoms with Crippen LogP contribution in [0.15, 0.2) is 24.3 Å². The molecule has 17 heavy (non-hydrogen) atoms. The second kappa shape index (κ2) is 4.49. The van der Waals surface area contributed by atoms with Gasteiger partial charge in [-0.3, -0.25) is 9.69 Å². The maximum Gasteiger partial charge on any atom is 0.234 e. The number of carbonyl (C=O) groups excluding carboxylic acids is 1. The summed E-state index contributed by atoms with van der Waals surface area (Å²) in [6.45, 7) is 8.46. The summed E-state index contributed by atoms with van der Waals surface area (Å²) in [5.41, 5.74) is 2.56. The molecule has 1 N–H and O–H groups in total. The van der Waals surface area contributed by atoms with Crippen molar-refractivity contribution >= 4 is 5.91 Å². The van der Waals surface area contributed by atoms with Crippen molar-refractivity contribution in [1.82, 2.24) is 10.2 Å². The first kappa shape index (κ1) is 12.1. The van der Waals surface area contributed by atoms with E-state index in [2.05, 4.69) is 55.3 Å². The van der Waals surface area contributed by atoms with Crippen LogP contribution in [0.5, 0.6) is 0 Å². The van der Waals surface area contributed by atoms with Gasteiger partial charge in [0, 0.05) is 18.6 Å². The molecule has 0 spiro atoms. The Hall–Kier alpha value is -1.35. The minimum atomic E-state index is 0.0266. The van der Waals surface area contributed by atoms with Crippen LogP contribution >= 0.6 is 0 Å².